The fourth-order valence-corrected chi connectivity index (χ4v) is 6.02. The van der Waals surface area contributed by atoms with Gasteiger partial charge in [-0.1, -0.05) is 121 Å². The highest BCUT2D eigenvalue weighted by atomic mass is 16.3. The molecule has 8 rings (SSSR count). The maximum Gasteiger partial charge on any atom is 0.155 e. The van der Waals surface area contributed by atoms with Crippen LogP contribution in [0.3, 0.4) is 0 Å². The van der Waals surface area contributed by atoms with E-state index in [1.165, 1.54) is 11.1 Å². The van der Waals surface area contributed by atoms with E-state index in [0.29, 0.717) is 0 Å². The van der Waals surface area contributed by atoms with E-state index in [1.54, 1.807) is 0 Å². The summed E-state index contributed by atoms with van der Waals surface area (Å²) in [6, 6.07) is 55.4. The molecule has 0 radical (unpaired) electrons. The Morgan fingerprint density at radius 3 is 1.55 bits per heavy atom. The Kier molecular flexibility index (Phi) is 6.47. The Morgan fingerprint density at radius 2 is 0.932 bits per heavy atom. The van der Waals surface area contributed by atoms with Crippen LogP contribution in [0.1, 0.15) is 0 Å². The third-order valence-electron chi connectivity index (χ3n) is 8.13. The van der Waals surface area contributed by atoms with E-state index in [0.717, 1.165) is 61.3 Å². The van der Waals surface area contributed by atoms with E-state index < -0.39 is 0 Å². The van der Waals surface area contributed by atoms with Crippen LogP contribution < -0.4 is 4.90 Å². The van der Waals surface area contributed by atoms with Crippen LogP contribution in [0.5, 0.6) is 0 Å². The summed E-state index contributed by atoms with van der Waals surface area (Å²) in [6.07, 6.45) is 3.76. The van der Waals surface area contributed by atoms with Crippen molar-refractivity contribution in [3.63, 3.8) is 0 Å². The highest BCUT2D eigenvalue weighted by molar-refractivity contribution is 6.13. The zero-order valence-electron chi connectivity index (χ0n) is 24.0. The molecule has 0 atom stereocenters. The van der Waals surface area contributed by atoms with Gasteiger partial charge in [0.2, 0.25) is 0 Å². The van der Waals surface area contributed by atoms with Crippen molar-refractivity contribution in [2.45, 2.75) is 0 Å². The van der Waals surface area contributed by atoms with Crippen molar-refractivity contribution < 1.29 is 4.42 Å². The molecule has 0 aliphatic heterocycles. The van der Waals surface area contributed by atoms with Gasteiger partial charge in [0, 0.05) is 16.8 Å². The van der Waals surface area contributed by atoms with E-state index >= 15 is 0 Å². The second kappa shape index (κ2) is 11.0. The number of anilines is 3. The summed E-state index contributed by atoms with van der Waals surface area (Å²) in [6.45, 7) is 0. The van der Waals surface area contributed by atoms with Crippen LogP contribution in [0.15, 0.2) is 175 Å². The van der Waals surface area contributed by atoms with Crippen LogP contribution in [0.4, 0.5) is 17.1 Å². The summed E-state index contributed by atoms with van der Waals surface area (Å²) in [5.74, 6) is 0. The van der Waals surface area contributed by atoms with Gasteiger partial charge in [-0.3, -0.25) is 4.98 Å². The lowest BCUT2D eigenvalue weighted by Crippen LogP contribution is -2.11. The molecule has 0 aliphatic rings. The highest BCUT2D eigenvalue weighted by Gasteiger charge is 2.21. The minimum atomic E-state index is 0.761. The van der Waals surface area contributed by atoms with Gasteiger partial charge < -0.3 is 9.32 Å². The van der Waals surface area contributed by atoms with Crippen LogP contribution in [-0.4, -0.2) is 4.98 Å². The first-order valence-corrected chi connectivity index (χ1v) is 14.8. The molecule has 0 N–H and O–H groups in total. The zero-order chi connectivity index (χ0) is 29.3. The summed E-state index contributed by atoms with van der Waals surface area (Å²) >= 11 is 0. The van der Waals surface area contributed by atoms with Gasteiger partial charge in [-0.05, 0) is 69.8 Å². The van der Waals surface area contributed by atoms with Crippen molar-refractivity contribution in [3.05, 3.63) is 170 Å². The number of rotatable bonds is 6. The SMILES string of the molecule is c1ccc(-c2ccc(N(c3cc(-c4ccccc4)cc(-c4ccccc4)c3)c3cncc4oc5ccccc5c34)cc2)cc1. The van der Waals surface area contributed by atoms with E-state index in [9.17, 15) is 0 Å². The van der Waals surface area contributed by atoms with Gasteiger partial charge in [0.1, 0.15) is 5.58 Å². The molecule has 208 valence electrons. The van der Waals surface area contributed by atoms with E-state index in [4.69, 9.17) is 4.42 Å². The molecule has 0 saturated carbocycles. The lowest BCUT2D eigenvalue weighted by atomic mass is 9.97. The number of hydrogen-bond donors (Lipinski definition) is 0. The molecule has 0 bridgehead atoms. The third-order valence-corrected chi connectivity index (χ3v) is 8.13. The molecule has 0 saturated heterocycles. The van der Waals surface area contributed by atoms with Gasteiger partial charge >= 0.3 is 0 Å². The lowest BCUT2D eigenvalue weighted by Gasteiger charge is -2.27. The summed E-state index contributed by atoms with van der Waals surface area (Å²) < 4.78 is 6.29. The van der Waals surface area contributed by atoms with E-state index in [1.807, 2.05) is 30.6 Å². The summed E-state index contributed by atoms with van der Waals surface area (Å²) in [4.78, 5) is 6.98. The number of benzene rings is 6. The van der Waals surface area contributed by atoms with Crippen LogP contribution in [0.2, 0.25) is 0 Å². The van der Waals surface area contributed by atoms with Gasteiger partial charge in [0.25, 0.3) is 0 Å². The average molecular weight is 565 g/mol. The predicted molar refractivity (Wildman–Crippen MR) is 183 cm³/mol. The summed E-state index contributed by atoms with van der Waals surface area (Å²) in [7, 11) is 0. The number of para-hydroxylation sites is 1. The second-order valence-electron chi connectivity index (χ2n) is 10.9. The van der Waals surface area contributed by atoms with Gasteiger partial charge in [-0.25, -0.2) is 0 Å². The van der Waals surface area contributed by atoms with E-state index in [2.05, 4.69) is 149 Å². The van der Waals surface area contributed by atoms with Crippen molar-refractivity contribution in [2.75, 3.05) is 4.90 Å². The fraction of sp³-hybridized carbons (Fsp3) is 0. The Hall–Kier alpha value is -5.93. The highest BCUT2D eigenvalue weighted by Crippen LogP contribution is 2.44. The predicted octanol–water partition coefficient (Wildman–Crippen LogP) is 11.5. The third kappa shape index (κ3) is 4.71. The Labute approximate surface area is 256 Å². The van der Waals surface area contributed by atoms with Crippen molar-refractivity contribution in [1.29, 1.82) is 0 Å². The molecule has 44 heavy (non-hydrogen) atoms. The standard InChI is InChI=1S/C41H28N2O/c1-4-12-29(13-5-1)32-20-22-35(23-21-32)43(38-27-42-28-40-41(38)37-18-10-11-19-39(37)44-40)36-25-33(30-14-6-2-7-15-30)24-34(26-36)31-16-8-3-9-17-31/h1-28H. The Balaban J connectivity index is 1.39. The number of hydrogen-bond acceptors (Lipinski definition) is 3. The first kappa shape index (κ1) is 25.8. The largest absolute Gasteiger partial charge is 0.454 e. The maximum atomic E-state index is 6.29. The van der Waals surface area contributed by atoms with Gasteiger partial charge in [-0.2, -0.15) is 0 Å². The minimum absolute atomic E-state index is 0.761. The summed E-state index contributed by atoms with van der Waals surface area (Å²) in [5, 5.41) is 2.10. The first-order valence-electron chi connectivity index (χ1n) is 14.8. The van der Waals surface area contributed by atoms with Crippen molar-refractivity contribution in [3.8, 4) is 33.4 Å². The molecule has 2 heterocycles. The number of pyridine rings is 1. The molecule has 3 nitrogen and oxygen atoms in total. The molecular formula is C41H28N2O. The van der Waals surface area contributed by atoms with Crippen molar-refractivity contribution in [2.24, 2.45) is 0 Å². The second-order valence-corrected chi connectivity index (χ2v) is 10.9. The Morgan fingerprint density at radius 1 is 0.409 bits per heavy atom. The maximum absolute atomic E-state index is 6.29. The van der Waals surface area contributed by atoms with Crippen molar-refractivity contribution >= 4 is 39.0 Å². The number of furan rings is 1. The number of nitrogens with zero attached hydrogens (tertiary/aromatic N) is 2. The topological polar surface area (TPSA) is 29.3 Å². The monoisotopic (exact) mass is 564 g/mol. The normalized spacial score (nSPS) is 11.2. The lowest BCUT2D eigenvalue weighted by molar-refractivity contribution is 0.667. The van der Waals surface area contributed by atoms with Crippen LogP contribution >= 0.6 is 0 Å². The minimum Gasteiger partial charge on any atom is -0.454 e. The molecule has 0 spiro atoms. The molecule has 6 aromatic carbocycles. The van der Waals surface area contributed by atoms with Crippen LogP contribution in [-0.2, 0) is 0 Å². The number of aromatic nitrogens is 1. The van der Waals surface area contributed by atoms with Gasteiger partial charge in [-0.15, -0.1) is 0 Å². The molecular weight excluding hydrogens is 536 g/mol. The first-order chi connectivity index (χ1) is 21.8. The fourth-order valence-electron chi connectivity index (χ4n) is 6.02. The van der Waals surface area contributed by atoms with E-state index in [-0.39, 0.29) is 0 Å². The smallest absolute Gasteiger partial charge is 0.155 e. The summed E-state index contributed by atoms with van der Waals surface area (Å²) in [5.41, 5.74) is 11.6. The van der Waals surface area contributed by atoms with Crippen LogP contribution in [0.25, 0.3) is 55.3 Å². The molecule has 8 aromatic rings. The quantitative estimate of drug-likeness (QED) is 0.201. The van der Waals surface area contributed by atoms with Crippen LogP contribution in [0, 0.1) is 0 Å². The molecule has 0 unspecified atom stereocenters. The molecule has 2 aromatic heterocycles. The molecule has 3 heteroatoms. The van der Waals surface area contributed by atoms with Crippen molar-refractivity contribution in [1.82, 2.24) is 4.98 Å². The van der Waals surface area contributed by atoms with Gasteiger partial charge in [0.15, 0.2) is 5.58 Å². The van der Waals surface area contributed by atoms with Gasteiger partial charge in [0.05, 0.1) is 23.5 Å². The molecule has 0 fully saturated rings. The zero-order valence-corrected chi connectivity index (χ0v) is 24.0. The molecule has 0 amide bonds. The average Bonchev–Trinajstić information content (AvgIpc) is 3.49. The molecule has 0 aliphatic carbocycles. The number of fused-ring (bicyclic) bond motifs is 3. The Bertz CT molecular complexity index is 2150.